The summed E-state index contributed by atoms with van der Waals surface area (Å²) in [7, 11) is 0. The Kier molecular flexibility index (Phi) is 3.77. The lowest BCUT2D eigenvalue weighted by Gasteiger charge is -2.15. The molecule has 0 aromatic heterocycles. The van der Waals surface area contributed by atoms with Crippen LogP contribution in [0.3, 0.4) is 0 Å². The largest absolute Gasteiger partial charge is 0.480 e. The number of aliphatic carboxylic acids is 1. The fourth-order valence-corrected chi connectivity index (χ4v) is 1.49. The third-order valence-electron chi connectivity index (χ3n) is 2.32. The highest BCUT2D eigenvalue weighted by molar-refractivity contribution is 5.73. The summed E-state index contributed by atoms with van der Waals surface area (Å²) < 4.78 is 37.9. The highest BCUT2D eigenvalue weighted by Crippen LogP contribution is 2.32. The average Bonchev–Trinajstić information content (AvgIpc) is 2.15. The van der Waals surface area contributed by atoms with Gasteiger partial charge in [0.15, 0.2) is 0 Å². The summed E-state index contributed by atoms with van der Waals surface area (Å²) in [5.41, 5.74) is 4.95. The van der Waals surface area contributed by atoms with E-state index < -0.39 is 23.8 Å². The van der Waals surface area contributed by atoms with E-state index >= 15 is 0 Å². The average molecular weight is 247 g/mol. The number of alkyl halides is 3. The SMILES string of the molecule is Cc1ccc(C(F)(F)F)c(C[C@@H](N)C(=O)O)c1. The van der Waals surface area contributed by atoms with Crippen molar-refractivity contribution in [3.8, 4) is 0 Å². The summed E-state index contributed by atoms with van der Waals surface area (Å²) in [5.74, 6) is -1.32. The van der Waals surface area contributed by atoms with Gasteiger partial charge < -0.3 is 10.8 Å². The third kappa shape index (κ3) is 3.45. The van der Waals surface area contributed by atoms with Gasteiger partial charge in [0.25, 0.3) is 0 Å². The molecule has 0 spiro atoms. The zero-order valence-electron chi connectivity index (χ0n) is 9.08. The van der Waals surface area contributed by atoms with E-state index in [4.69, 9.17) is 10.8 Å². The maximum absolute atomic E-state index is 12.6. The van der Waals surface area contributed by atoms with Crippen LogP contribution in [-0.2, 0) is 17.4 Å². The fraction of sp³-hybridized carbons (Fsp3) is 0.364. The molecule has 3 N–H and O–H groups in total. The summed E-state index contributed by atoms with van der Waals surface area (Å²) in [4.78, 5) is 10.5. The van der Waals surface area contributed by atoms with E-state index in [1.165, 1.54) is 12.1 Å². The van der Waals surface area contributed by atoms with E-state index in [2.05, 4.69) is 0 Å². The first-order valence-electron chi connectivity index (χ1n) is 4.87. The van der Waals surface area contributed by atoms with Crippen LogP contribution in [0.15, 0.2) is 18.2 Å². The zero-order chi connectivity index (χ0) is 13.2. The molecule has 0 aliphatic carbocycles. The lowest BCUT2D eigenvalue weighted by atomic mass is 9.98. The van der Waals surface area contributed by atoms with Gasteiger partial charge in [-0.1, -0.05) is 17.7 Å². The quantitative estimate of drug-likeness (QED) is 0.858. The van der Waals surface area contributed by atoms with Crippen molar-refractivity contribution in [3.63, 3.8) is 0 Å². The van der Waals surface area contributed by atoms with E-state index in [0.717, 1.165) is 6.07 Å². The Morgan fingerprint density at radius 2 is 2.06 bits per heavy atom. The molecule has 1 aromatic carbocycles. The lowest BCUT2D eigenvalue weighted by Crippen LogP contribution is -2.33. The molecule has 6 heteroatoms. The van der Waals surface area contributed by atoms with Gasteiger partial charge >= 0.3 is 12.1 Å². The second-order valence-corrected chi connectivity index (χ2v) is 3.81. The van der Waals surface area contributed by atoms with Gasteiger partial charge in [-0.3, -0.25) is 4.79 Å². The normalized spacial score (nSPS) is 13.5. The van der Waals surface area contributed by atoms with Crippen molar-refractivity contribution in [2.75, 3.05) is 0 Å². The first kappa shape index (κ1) is 13.5. The molecule has 94 valence electrons. The Bertz CT molecular complexity index is 429. The minimum absolute atomic E-state index is 0.0904. The lowest BCUT2D eigenvalue weighted by molar-refractivity contribution is -0.140. The van der Waals surface area contributed by atoms with Crippen molar-refractivity contribution >= 4 is 5.97 Å². The predicted molar refractivity (Wildman–Crippen MR) is 55.5 cm³/mol. The summed E-state index contributed by atoms with van der Waals surface area (Å²) in [6.07, 6.45) is -4.84. The van der Waals surface area contributed by atoms with Gasteiger partial charge in [0.2, 0.25) is 0 Å². The van der Waals surface area contributed by atoms with E-state index in [1.54, 1.807) is 6.92 Å². The van der Waals surface area contributed by atoms with Crippen LogP contribution in [0, 0.1) is 6.92 Å². The number of hydrogen-bond acceptors (Lipinski definition) is 2. The summed E-state index contributed by atoms with van der Waals surface area (Å²) in [6, 6.07) is 2.25. The Morgan fingerprint density at radius 1 is 1.47 bits per heavy atom. The maximum atomic E-state index is 12.6. The van der Waals surface area contributed by atoms with E-state index in [9.17, 15) is 18.0 Å². The van der Waals surface area contributed by atoms with Crippen LogP contribution in [0.4, 0.5) is 13.2 Å². The highest BCUT2D eigenvalue weighted by Gasteiger charge is 2.33. The van der Waals surface area contributed by atoms with Gasteiger partial charge in [-0.2, -0.15) is 13.2 Å². The molecule has 0 saturated heterocycles. The van der Waals surface area contributed by atoms with E-state index in [0.29, 0.717) is 5.56 Å². The highest BCUT2D eigenvalue weighted by atomic mass is 19.4. The van der Waals surface area contributed by atoms with Gasteiger partial charge in [-0.25, -0.2) is 0 Å². The monoisotopic (exact) mass is 247 g/mol. The molecule has 0 aliphatic rings. The zero-order valence-corrected chi connectivity index (χ0v) is 9.08. The molecule has 3 nitrogen and oxygen atoms in total. The first-order chi connectivity index (χ1) is 7.71. The van der Waals surface area contributed by atoms with Crippen molar-refractivity contribution in [2.24, 2.45) is 5.73 Å². The number of halogens is 3. The second-order valence-electron chi connectivity index (χ2n) is 3.81. The van der Waals surface area contributed by atoms with E-state index in [1.807, 2.05) is 0 Å². The number of carboxylic acid groups (broad SMARTS) is 1. The minimum Gasteiger partial charge on any atom is -0.480 e. The molecule has 0 saturated carbocycles. The Morgan fingerprint density at radius 3 is 2.53 bits per heavy atom. The van der Waals surface area contributed by atoms with Crippen molar-refractivity contribution in [2.45, 2.75) is 25.6 Å². The molecule has 0 aliphatic heterocycles. The van der Waals surface area contributed by atoms with Gasteiger partial charge in [0.05, 0.1) is 5.56 Å². The molecular formula is C11H12F3NO2. The smallest absolute Gasteiger partial charge is 0.416 e. The van der Waals surface area contributed by atoms with Crippen LogP contribution in [0.25, 0.3) is 0 Å². The summed E-state index contributed by atoms with van der Waals surface area (Å²) in [6.45, 7) is 1.63. The van der Waals surface area contributed by atoms with Crippen LogP contribution < -0.4 is 5.73 Å². The number of rotatable bonds is 3. The number of carbonyl (C=O) groups is 1. The maximum Gasteiger partial charge on any atom is 0.416 e. The Balaban J connectivity index is 3.12. The molecule has 0 bridgehead atoms. The van der Waals surface area contributed by atoms with Crippen LogP contribution >= 0.6 is 0 Å². The Hall–Kier alpha value is -1.56. The van der Waals surface area contributed by atoms with Gasteiger partial charge in [0, 0.05) is 0 Å². The predicted octanol–water partition coefficient (Wildman–Crippen LogP) is 1.97. The summed E-state index contributed by atoms with van der Waals surface area (Å²) >= 11 is 0. The van der Waals surface area contributed by atoms with Gasteiger partial charge in [0.1, 0.15) is 6.04 Å². The number of hydrogen-bond donors (Lipinski definition) is 2. The van der Waals surface area contributed by atoms with Crippen molar-refractivity contribution in [1.82, 2.24) is 0 Å². The Labute approximate surface area is 96.0 Å². The van der Waals surface area contributed by atoms with Crippen LogP contribution in [0.1, 0.15) is 16.7 Å². The molecule has 1 atom stereocenters. The van der Waals surface area contributed by atoms with Crippen molar-refractivity contribution in [3.05, 3.63) is 34.9 Å². The number of carboxylic acids is 1. The van der Waals surface area contributed by atoms with E-state index in [-0.39, 0.29) is 12.0 Å². The topological polar surface area (TPSA) is 63.3 Å². The van der Waals surface area contributed by atoms with Crippen LogP contribution in [0.5, 0.6) is 0 Å². The van der Waals surface area contributed by atoms with Gasteiger partial charge in [-0.15, -0.1) is 0 Å². The molecule has 0 fully saturated rings. The number of benzene rings is 1. The molecule has 1 aromatic rings. The molecule has 1 rings (SSSR count). The minimum atomic E-state index is -4.50. The second kappa shape index (κ2) is 4.75. The first-order valence-corrected chi connectivity index (χ1v) is 4.87. The molecule has 0 radical (unpaired) electrons. The van der Waals surface area contributed by atoms with Crippen molar-refractivity contribution in [1.29, 1.82) is 0 Å². The van der Waals surface area contributed by atoms with Crippen molar-refractivity contribution < 1.29 is 23.1 Å². The molecule has 0 heterocycles. The molecule has 0 unspecified atom stereocenters. The molecular weight excluding hydrogens is 235 g/mol. The fourth-order valence-electron chi connectivity index (χ4n) is 1.49. The van der Waals surface area contributed by atoms with Crippen LogP contribution in [-0.4, -0.2) is 17.1 Å². The summed E-state index contributed by atoms with van der Waals surface area (Å²) in [5, 5.41) is 8.60. The molecule has 0 amide bonds. The van der Waals surface area contributed by atoms with Gasteiger partial charge in [-0.05, 0) is 25.0 Å². The number of nitrogens with two attached hydrogens (primary N) is 1. The third-order valence-corrected chi connectivity index (χ3v) is 2.32. The standard InChI is InChI=1S/C11H12F3NO2/c1-6-2-3-8(11(12,13)14)7(4-6)5-9(15)10(16)17/h2-4,9H,5,15H2,1H3,(H,16,17)/t9-/m1/s1. The number of aryl methyl sites for hydroxylation is 1. The molecule has 17 heavy (non-hydrogen) atoms. The van der Waals surface area contributed by atoms with Crippen LogP contribution in [0.2, 0.25) is 0 Å².